The molecule has 74 valence electrons. The lowest BCUT2D eigenvalue weighted by atomic mass is 10.2. The Labute approximate surface area is 83.9 Å². The molecule has 14 heavy (non-hydrogen) atoms. The van der Waals surface area contributed by atoms with E-state index in [0.29, 0.717) is 12.1 Å². The zero-order valence-corrected chi connectivity index (χ0v) is 8.29. The van der Waals surface area contributed by atoms with Gasteiger partial charge in [0.25, 0.3) is 0 Å². The minimum Gasteiger partial charge on any atom is -0.352 e. The van der Waals surface area contributed by atoms with Crippen LogP contribution in [0.3, 0.4) is 0 Å². The molecule has 0 saturated heterocycles. The smallest absolute Gasteiger partial charge is 0.246 e. The van der Waals surface area contributed by atoms with Crippen molar-refractivity contribution < 1.29 is 4.79 Å². The van der Waals surface area contributed by atoms with E-state index in [9.17, 15) is 4.79 Å². The molecule has 0 aliphatic heterocycles. The largest absolute Gasteiger partial charge is 0.352 e. The van der Waals surface area contributed by atoms with Gasteiger partial charge in [0.05, 0.1) is 0 Å². The van der Waals surface area contributed by atoms with Crippen LogP contribution in [-0.4, -0.2) is 17.4 Å². The molecular weight excluding hydrogens is 176 g/mol. The highest BCUT2D eigenvalue weighted by Gasteiger charge is 2.00. The van der Waals surface area contributed by atoms with E-state index in [1.165, 1.54) is 0 Å². The number of pyridine rings is 1. The fraction of sp³-hybridized carbons (Fsp3) is 0.273. The van der Waals surface area contributed by atoms with Gasteiger partial charge >= 0.3 is 0 Å². The van der Waals surface area contributed by atoms with E-state index in [-0.39, 0.29) is 5.91 Å². The highest BCUT2D eigenvalue weighted by Crippen LogP contribution is 1.93. The molecule has 0 aliphatic rings. The summed E-state index contributed by atoms with van der Waals surface area (Å²) in [5, 5.41) is 2.75. The summed E-state index contributed by atoms with van der Waals surface area (Å²) >= 11 is 0. The molecule has 0 spiro atoms. The Balaban J connectivity index is 2.29. The second-order valence-electron chi connectivity index (χ2n) is 3.11. The van der Waals surface area contributed by atoms with E-state index >= 15 is 0 Å². The average molecular weight is 190 g/mol. The molecule has 1 rings (SSSR count). The van der Waals surface area contributed by atoms with Crippen molar-refractivity contribution in [2.45, 2.75) is 13.3 Å². The van der Waals surface area contributed by atoms with Crippen molar-refractivity contribution in [2.75, 3.05) is 6.54 Å². The second-order valence-corrected chi connectivity index (χ2v) is 3.11. The summed E-state index contributed by atoms with van der Waals surface area (Å²) < 4.78 is 0. The Bertz CT molecular complexity index is 319. The fourth-order valence-corrected chi connectivity index (χ4v) is 1.00. The maximum absolute atomic E-state index is 11.1. The van der Waals surface area contributed by atoms with Crippen molar-refractivity contribution in [3.05, 3.63) is 42.2 Å². The molecule has 3 nitrogen and oxygen atoms in total. The van der Waals surface area contributed by atoms with Gasteiger partial charge in [-0.2, -0.15) is 0 Å². The van der Waals surface area contributed by atoms with Gasteiger partial charge in [-0.1, -0.05) is 12.6 Å². The van der Waals surface area contributed by atoms with Crippen molar-refractivity contribution >= 4 is 5.91 Å². The summed E-state index contributed by atoms with van der Waals surface area (Å²) in [4.78, 5) is 15.2. The molecule has 0 atom stereocenters. The second kappa shape index (κ2) is 5.17. The Morgan fingerprint density at radius 1 is 1.57 bits per heavy atom. The molecule has 1 heterocycles. The molecule has 0 fully saturated rings. The number of amides is 1. The highest BCUT2D eigenvalue weighted by molar-refractivity contribution is 5.92. The number of hydrogen-bond acceptors (Lipinski definition) is 2. The topological polar surface area (TPSA) is 42.0 Å². The molecule has 0 aliphatic carbocycles. The third-order valence-electron chi connectivity index (χ3n) is 1.78. The molecule has 0 aromatic carbocycles. The lowest BCUT2D eigenvalue weighted by molar-refractivity contribution is -0.117. The summed E-state index contributed by atoms with van der Waals surface area (Å²) in [5.41, 5.74) is 1.51. The summed E-state index contributed by atoms with van der Waals surface area (Å²) in [6.45, 7) is 5.84. The first kappa shape index (κ1) is 10.4. The normalized spacial score (nSPS) is 9.50. The van der Waals surface area contributed by atoms with Gasteiger partial charge in [0.1, 0.15) is 0 Å². The van der Waals surface area contributed by atoms with Gasteiger partial charge < -0.3 is 5.32 Å². The first-order chi connectivity index (χ1) is 6.70. The van der Waals surface area contributed by atoms with E-state index < -0.39 is 0 Å². The highest BCUT2D eigenvalue weighted by atomic mass is 16.1. The number of carbonyl (C=O) groups excluding carboxylic acids is 1. The zero-order chi connectivity index (χ0) is 10.4. The van der Waals surface area contributed by atoms with Gasteiger partial charge in [-0.25, -0.2) is 0 Å². The SMILES string of the molecule is C=C(C)C(=O)NCCc1ccccn1. The first-order valence-corrected chi connectivity index (χ1v) is 4.54. The number of hydrogen-bond donors (Lipinski definition) is 1. The van der Waals surface area contributed by atoms with E-state index in [1.807, 2.05) is 18.2 Å². The number of carbonyl (C=O) groups is 1. The number of nitrogens with zero attached hydrogens (tertiary/aromatic N) is 1. The molecule has 0 bridgehead atoms. The van der Waals surface area contributed by atoms with Gasteiger partial charge in [-0.3, -0.25) is 9.78 Å². The minimum absolute atomic E-state index is 0.0964. The fourth-order valence-electron chi connectivity index (χ4n) is 1.00. The summed E-state index contributed by atoms with van der Waals surface area (Å²) in [7, 11) is 0. The predicted molar refractivity (Wildman–Crippen MR) is 55.8 cm³/mol. The molecule has 1 aromatic rings. The van der Waals surface area contributed by atoms with Crippen LogP contribution in [0.15, 0.2) is 36.5 Å². The summed E-state index contributed by atoms with van der Waals surface area (Å²) in [6.07, 6.45) is 2.50. The Hall–Kier alpha value is -1.64. The molecule has 3 heteroatoms. The van der Waals surface area contributed by atoms with Crippen molar-refractivity contribution in [1.29, 1.82) is 0 Å². The molecule has 0 saturated carbocycles. The van der Waals surface area contributed by atoms with Crippen molar-refractivity contribution in [1.82, 2.24) is 10.3 Å². The molecule has 0 radical (unpaired) electrons. The van der Waals surface area contributed by atoms with E-state index in [0.717, 1.165) is 12.1 Å². The van der Waals surface area contributed by atoms with Gasteiger partial charge in [-0.15, -0.1) is 0 Å². The monoisotopic (exact) mass is 190 g/mol. The van der Waals surface area contributed by atoms with E-state index in [1.54, 1.807) is 13.1 Å². The van der Waals surface area contributed by atoms with E-state index in [2.05, 4.69) is 16.9 Å². The zero-order valence-electron chi connectivity index (χ0n) is 8.29. The summed E-state index contributed by atoms with van der Waals surface area (Å²) in [6, 6.07) is 5.74. The third-order valence-corrected chi connectivity index (χ3v) is 1.78. The van der Waals surface area contributed by atoms with Crippen LogP contribution in [0.4, 0.5) is 0 Å². The predicted octanol–water partition coefficient (Wildman–Crippen LogP) is 1.32. The Morgan fingerprint density at radius 3 is 2.93 bits per heavy atom. The van der Waals surface area contributed by atoms with Crippen molar-refractivity contribution in [2.24, 2.45) is 0 Å². The molecule has 1 aromatic heterocycles. The van der Waals surface area contributed by atoms with Crippen molar-refractivity contribution in [3.8, 4) is 0 Å². The standard InChI is InChI=1S/C11H14N2O/c1-9(2)11(14)13-8-6-10-5-3-4-7-12-10/h3-5,7H,1,6,8H2,2H3,(H,13,14). The Kier molecular flexibility index (Phi) is 3.85. The molecular formula is C11H14N2O. The molecule has 1 amide bonds. The van der Waals surface area contributed by atoms with Crippen LogP contribution in [-0.2, 0) is 11.2 Å². The first-order valence-electron chi connectivity index (χ1n) is 4.54. The minimum atomic E-state index is -0.0964. The number of aromatic nitrogens is 1. The van der Waals surface area contributed by atoms with Gasteiger partial charge in [-0.05, 0) is 19.1 Å². The van der Waals surface area contributed by atoms with Gasteiger partial charge in [0.15, 0.2) is 0 Å². The summed E-state index contributed by atoms with van der Waals surface area (Å²) in [5.74, 6) is -0.0964. The lowest BCUT2D eigenvalue weighted by Gasteiger charge is -2.03. The molecule has 1 N–H and O–H groups in total. The Morgan fingerprint density at radius 2 is 2.36 bits per heavy atom. The lowest BCUT2D eigenvalue weighted by Crippen LogP contribution is -2.26. The van der Waals surface area contributed by atoms with Crippen LogP contribution in [0.1, 0.15) is 12.6 Å². The van der Waals surface area contributed by atoms with Crippen LogP contribution in [0.2, 0.25) is 0 Å². The van der Waals surface area contributed by atoms with Gasteiger partial charge in [0.2, 0.25) is 5.91 Å². The van der Waals surface area contributed by atoms with Crippen LogP contribution in [0.5, 0.6) is 0 Å². The molecule has 0 unspecified atom stereocenters. The quantitative estimate of drug-likeness (QED) is 0.727. The number of nitrogens with one attached hydrogen (secondary N) is 1. The van der Waals surface area contributed by atoms with Crippen molar-refractivity contribution in [3.63, 3.8) is 0 Å². The maximum atomic E-state index is 11.1. The average Bonchev–Trinajstić information content (AvgIpc) is 2.19. The van der Waals surface area contributed by atoms with Crippen LogP contribution >= 0.6 is 0 Å². The van der Waals surface area contributed by atoms with Crippen LogP contribution in [0.25, 0.3) is 0 Å². The third kappa shape index (κ3) is 3.39. The maximum Gasteiger partial charge on any atom is 0.246 e. The van der Waals surface area contributed by atoms with E-state index in [4.69, 9.17) is 0 Å². The van der Waals surface area contributed by atoms with Crippen LogP contribution in [0, 0.1) is 0 Å². The van der Waals surface area contributed by atoms with Crippen LogP contribution < -0.4 is 5.32 Å². The van der Waals surface area contributed by atoms with Gasteiger partial charge in [0, 0.05) is 30.4 Å². The number of rotatable bonds is 4.